The molecule has 2 atom stereocenters. The van der Waals surface area contributed by atoms with Crippen LogP contribution in [-0.2, 0) is 9.47 Å². The second-order valence-electron chi connectivity index (χ2n) is 5.01. The van der Waals surface area contributed by atoms with Crippen molar-refractivity contribution in [3.8, 4) is 0 Å². The minimum absolute atomic E-state index is 0.0854. The van der Waals surface area contributed by atoms with E-state index in [-0.39, 0.29) is 12.7 Å². The number of hydrogen-bond acceptors (Lipinski definition) is 3. The van der Waals surface area contributed by atoms with Crippen molar-refractivity contribution in [3.63, 3.8) is 0 Å². The van der Waals surface area contributed by atoms with Crippen molar-refractivity contribution >= 4 is 0 Å². The zero-order valence-electron chi connectivity index (χ0n) is 12.5. The molecule has 0 saturated heterocycles. The van der Waals surface area contributed by atoms with Crippen molar-refractivity contribution in [3.05, 3.63) is 0 Å². The standard InChI is InChI=1S/C15H32O3/c1-4-6-7-8-10-15(9-5-2)18-14(3)13-17-12-11-16/h14-16H,4-13H2,1-3H3. The van der Waals surface area contributed by atoms with Crippen LogP contribution in [0.4, 0.5) is 0 Å². The van der Waals surface area contributed by atoms with E-state index in [9.17, 15) is 0 Å². The van der Waals surface area contributed by atoms with Gasteiger partial charge in [0, 0.05) is 0 Å². The number of hydrogen-bond donors (Lipinski definition) is 1. The Morgan fingerprint density at radius 2 is 1.78 bits per heavy atom. The highest BCUT2D eigenvalue weighted by molar-refractivity contribution is 4.61. The summed E-state index contributed by atoms with van der Waals surface area (Å²) >= 11 is 0. The molecular weight excluding hydrogens is 228 g/mol. The summed E-state index contributed by atoms with van der Waals surface area (Å²) in [6.07, 6.45) is 9.16. The smallest absolute Gasteiger partial charge is 0.0784 e. The van der Waals surface area contributed by atoms with Crippen LogP contribution in [0.2, 0.25) is 0 Å². The molecule has 0 aliphatic carbocycles. The zero-order chi connectivity index (χ0) is 13.6. The summed E-state index contributed by atoms with van der Waals surface area (Å²) in [7, 11) is 0. The topological polar surface area (TPSA) is 38.7 Å². The van der Waals surface area contributed by atoms with E-state index in [2.05, 4.69) is 13.8 Å². The average Bonchev–Trinajstić information content (AvgIpc) is 2.35. The van der Waals surface area contributed by atoms with Gasteiger partial charge in [-0.3, -0.25) is 0 Å². The lowest BCUT2D eigenvalue weighted by molar-refractivity contribution is -0.0582. The summed E-state index contributed by atoms with van der Waals surface area (Å²) < 4.78 is 11.3. The second kappa shape index (κ2) is 13.3. The molecule has 0 rings (SSSR count). The van der Waals surface area contributed by atoms with Crippen LogP contribution in [0.15, 0.2) is 0 Å². The summed E-state index contributed by atoms with van der Waals surface area (Å²) in [5.41, 5.74) is 0. The number of rotatable bonds is 13. The van der Waals surface area contributed by atoms with Gasteiger partial charge in [0.1, 0.15) is 0 Å². The van der Waals surface area contributed by atoms with Crippen LogP contribution in [-0.4, -0.2) is 37.1 Å². The molecule has 0 fully saturated rings. The highest BCUT2D eigenvalue weighted by atomic mass is 16.5. The molecule has 0 aromatic carbocycles. The van der Waals surface area contributed by atoms with E-state index >= 15 is 0 Å². The Labute approximate surface area is 113 Å². The molecule has 110 valence electrons. The highest BCUT2D eigenvalue weighted by Crippen LogP contribution is 2.14. The molecule has 0 aliphatic rings. The third kappa shape index (κ3) is 11.0. The summed E-state index contributed by atoms with van der Waals surface area (Å²) in [6.45, 7) is 7.56. The van der Waals surface area contributed by atoms with Crippen LogP contribution in [0.5, 0.6) is 0 Å². The SMILES string of the molecule is CCCCCCC(CCC)OC(C)COCCO. The van der Waals surface area contributed by atoms with Gasteiger partial charge < -0.3 is 14.6 Å². The second-order valence-corrected chi connectivity index (χ2v) is 5.01. The van der Waals surface area contributed by atoms with E-state index in [1.54, 1.807) is 0 Å². The Morgan fingerprint density at radius 3 is 2.39 bits per heavy atom. The zero-order valence-corrected chi connectivity index (χ0v) is 12.5. The molecule has 0 aromatic rings. The third-order valence-corrected chi connectivity index (χ3v) is 3.00. The Hall–Kier alpha value is -0.120. The van der Waals surface area contributed by atoms with E-state index in [4.69, 9.17) is 14.6 Å². The molecule has 0 bridgehead atoms. The lowest BCUT2D eigenvalue weighted by Gasteiger charge is -2.22. The Morgan fingerprint density at radius 1 is 1.00 bits per heavy atom. The first-order valence-corrected chi connectivity index (χ1v) is 7.58. The molecular formula is C15H32O3. The molecule has 0 aliphatic heterocycles. The molecule has 0 heterocycles. The van der Waals surface area contributed by atoms with Crippen molar-refractivity contribution < 1.29 is 14.6 Å². The van der Waals surface area contributed by atoms with Gasteiger partial charge in [0.05, 0.1) is 32.0 Å². The maximum absolute atomic E-state index is 8.65. The Kier molecular flexibility index (Phi) is 13.2. The maximum atomic E-state index is 8.65. The van der Waals surface area contributed by atoms with Crippen molar-refractivity contribution in [2.24, 2.45) is 0 Å². The molecule has 0 radical (unpaired) electrons. The van der Waals surface area contributed by atoms with Gasteiger partial charge in [0.2, 0.25) is 0 Å². The summed E-state index contributed by atoms with van der Waals surface area (Å²) in [5, 5.41) is 8.65. The van der Waals surface area contributed by atoms with Crippen molar-refractivity contribution in [1.82, 2.24) is 0 Å². The fraction of sp³-hybridized carbons (Fsp3) is 1.00. The fourth-order valence-corrected chi connectivity index (χ4v) is 2.08. The van der Waals surface area contributed by atoms with Gasteiger partial charge in [0.15, 0.2) is 0 Å². The molecule has 3 heteroatoms. The minimum atomic E-state index is 0.0854. The molecule has 0 spiro atoms. The van der Waals surface area contributed by atoms with Crippen LogP contribution in [0.25, 0.3) is 0 Å². The minimum Gasteiger partial charge on any atom is -0.394 e. The molecule has 18 heavy (non-hydrogen) atoms. The molecule has 2 unspecified atom stereocenters. The van der Waals surface area contributed by atoms with Gasteiger partial charge in [0.25, 0.3) is 0 Å². The largest absolute Gasteiger partial charge is 0.394 e. The summed E-state index contributed by atoms with van der Waals surface area (Å²) in [5.74, 6) is 0. The normalized spacial score (nSPS) is 14.7. The highest BCUT2D eigenvalue weighted by Gasteiger charge is 2.12. The quantitative estimate of drug-likeness (QED) is 0.515. The number of aliphatic hydroxyl groups excluding tert-OH is 1. The van der Waals surface area contributed by atoms with Gasteiger partial charge in [-0.15, -0.1) is 0 Å². The number of aliphatic hydroxyl groups is 1. The maximum Gasteiger partial charge on any atom is 0.0784 e. The first-order valence-electron chi connectivity index (χ1n) is 7.58. The van der Waals surface area contributed by atoms with E-state index in [0.29, 0.717) is 19.3 Å². The van der Waals surface area contributed by atoms with Gasteiger partial charge in [-0.2, -0.15) is 0 Å². The first-order chi connectivity index (χ1) is 8.74. The van der Waals surface area contributed by atoms with Crippen molar-refractivity contribution in [2.75, 3.05) is 19.8 Å². The molecule has 0 saturated carbocycles. The number of ether oxygens (including phenoxy) is 2. The van der Waals surface area contributed by atoms with Crippen LogP contribution < -0.4 is 0 Å². The molecule has 0 amide bonds. The van der Waals surface area contributed by atoms with E-state index in [0.717, 1.165) is 12.8 Å². The average molecular weight is 260 g/mol. The van der Waals surface area contributed by atoms with Crippen LogP contribution >= 0.6 is 0 Å². The van der Waals surface area contributed by atoms with E-state index < -0.39 is 0 Å². The van der Waals surface area contributed by atoms with E-state index in [1.807, 2.05) is 6.92 Å². The summed E-state index contributed by atoms with van der Waals surface area (Å²) in [4.78, 5) is 0. The monoisotopic (exact) mass is 260 g/mol. The predicted molar refractivity (Wildman–Crippen MR) is 75.9 cm³/mol. The van der Waals surface area contributed by atoms with Gasteiger partial charge in [-0.1, -0.05) is 46.0 Å². The van der Waals surface area contributed by atoms with Gasteiger partial charge >= 0.3 is 0 Å². The first kappa shape index (κ1) is 17.9. The van der Waals surface area contributed by atoms with E-state index in [1.165, 1.54) is 32.1 Å². The van der Waals surface area contributed by atoms with Crippen LogP contribution in [0, 0.1) is 0 Å². The van der Waals surface area contributed by atoms with Crippen LogP contribution in [0.3, 0.4) is 0 Å². The summed E-state index contributed by atoms with van der Waals surface area (Å²) in [6, 6.07) is 0. The van der Waals surface area contributed by atoms with Gasteiger partial charge in [-0.25, -0.2) is 0 Å². The van der Waals surface area contributed by atoms with Crippen molar-refractivity contribution in [1.29, 1.82) is 0 Å². The Balaban J connectivity index is 3.71. The van der Waals surface area contributed by atoms with Crippen molar-refractivity contribution in [2.45, 2.75) is 77.9 Å². The Bertz CT molecular complexity index is 162. The molecule has 0 aromatic heterocycles. The molecule has 3 nitrogen and oxygen atoms in total. The third-order valence-electron chi connectivity index (χ3n) is 3.00. The molecule has 1 N–H and O–H groups in total. The fourth-order valence-electron chi connectivity index (χ4n) is 2.08. The van der Waals surface area contributed by atoms with Gasteiger partial charge in [-0.05, 0) is 19.8 Å². The van der Waals surface area contributed by atoms with Crippen LogP contribution in [0.1, 0.15) is 65.7 Å². The lowest BCUT2D eigenvalue weighted by Crippen LogP contribution is -2.24. The number of unbranched alkanes of at least 4 members (excludes halogenated alkanes) is 3. The predicted octanol–water partition coefficient (Wildman–Crippen LogP) is 3.54. The lowest BCUT2D eigenvalue weighted by atomic mass is 10.1.